The Labute approximate surface area is 122 Å². The standard InChI is InChI=1S/C14H8F3N3O2/c15-14(16,17)7-1-3-8(4-2-7)20-12(21)11-10-5-9(6-18-10)19(11)13(20)22/h1-4,6,9H,5H2. The Bertz CT molecular complexity index is 765. The Balaban J connectivity index is 1.71. The maximum absolute atomic E-state index is 12.6. The first kappa shape index (κ1) is 13.1. The lowest BCUT2D eigenvalue weighted by atomic mass is 10.2. The van der Waals surface area contributed by atoms with Gasteiger partial charge in [-0.3, -0.25) is 14.7 Å². The molecule has 1 saturated heterocycles. The molecule has 3 amide bonds. The molecule has 0 N–H and O–H groups in total. The van der Waals surface area contributed by atoms with Crippen LogP contribution in [0.3, 0.4) is 0 Å². The molecular formula is C14H8F3N3O2. The number of anilines is 1. The number of amides is 3. The topological polar surface area (TPSA) is 53.0 Å². The number of urea groups is 1. The minimum absolute atomic E-state index is 0.116. The fourth-order valence-corrected chi connectivity index (χ4v) is 2.89. The SMILES string of the molecule is O=C1C2=C3CC(C=N3)N2C(=O)N1c1ccc(C(F)(F)F)cc1. The number of hydrogen-bond acceptors (Lipinski definition) is 3. The summed E-state index contributed by atoms with van der Waals surface area (Å²) in [6, 6.07) is 3.13. The summed E-state index contributed by atoms with van der Waals surface area (Å²) in [6.07, 6.45) is -2.34. The Hall–Kier alpha value is -2.64. The van der Waals surface area contributed by atoms with Crippen molar-refractivity contribution in [3.8, 4) is 0 Å². The zero-order valence-corrected chi connectivity index (χ0v) is 11.0. The van der Waals surface area contributed by atoms with Crippen molar-refractivity contribution in [3.05, 3.63) is 41.2 Å². The van der Waals surface area contributed by atoms with Crippen molar-refractivity contribution in [2.75, 3.05) is 4.90 Å². The summed E-state index contributed by atoms with van der Waals surface area (Å²) >= 11 is 0. The molecule has 0 aromatic heterocycles. The van der Waals surface area contributed by atoms with E-state index < -0.39 is 23.7 Å². The second kappa shape index (κ2) is 3.96. The van der Waals surface area contributed by atoms with Crippen molar-refractivity contribution in [1.82, 2.24) is 4.90 Å². The molecule has 4 rings (SSSR count). The molecule has 0 spiro atoms. The normalized spacial score (nSPS) is 23.1. The first-order valence-corrected chi connectivity index (χ1v) is 6.50. The van der Waals surface area contributed by atoms with E-state index in [2.05, 4.69) is 4.99 Å². The zero-order valence-electron chi connectivity index (χ0n) is 11.0. The Morgan fingerprint density at radius 2 is 1.82 bits per heavy atom. The molecule has 0 radical (unpaired) electrons. The van der Waals surface area contributed by atoms with Crippen LogP contribution in [-0.2, 0) is 11.0 Å². The number of alkyl halides is 3. The third-order valence-corrected chi connectivity index (χ3v) is 3.91. The van der Waals surface area contributed by atoms with Crippen LogP contribution >= 0.6 is 0 Å². The summed E-state index contributed by atoms with van der Waals surface area (Å²) in [5.41, 5.74) is 0.0707. The highest BCUT2D eigenvalue weighted by Gasteiger charge is 2.52. The lowest BCUT2D eigenvalue weighted by Crippen LogP contribution is -2.37. The second-order valence-electron chi connectivity index (χ2n) is 5.18. The van der Waals surface area contributed by atoms with Crippen LogP contribution in [0.25, 0.3) is 0 Å². The van der Waals surface area contributed by atoms with E-state index in [1.807, 2.05) is 0 Å². The molecule has 8 heteroatoms. The summed E-state index contributed by atoms with van der Waals surface area (Å²) in [4.78, 5) is 31.1. The number of fused-ring (bicyclic) bond motifs is 4. The van der Waals surface area contributed by atoms with Crippen LogP contribution in [0.1, 0.15) is 12.0 Å². The van der Waals surface area contributed by atoms with Crippen LogP contribution in [0.15, 0.2) is 40.7 Å². The average Bonchev–Trinajstić information content (AvgIpc) is 3.12. The summed E-state index contributed by atoms with van der Waals surface area (Å²) < 4.78 is 37.7. The number of nitrogens with zero attached hydrogens (tertiary/aromatic N) is 3. The number of benzene rings is 1. The van der Waals surface area contributed by atoms with E-state index in [4.69, 9.17) is 0 Å². The van der Waals surface area contributed by atoms with E-state index in [9.17, 15) is 22.8 Å². The van der Waals surface area contributed by atoms with Gasteiger partial charge in [-0.1, -0.05) is 0 Å². The van der Waals surface area contributed by atoms with Crippen molar-refractivity contribution >= 4 is 23.8 Å². The van der Waals surface area contributed by atoms with E-state index in [1.54, 1.807) is 6.21 Å². The largest absolute Gasteiger partial charge is 0.416 e. The molecule has 22 heavy (non-hydrogen) atoms. The Kier molecular flexibility index (Phi) is 2.35. The summed E-state index contributed by atoms with van der Waals surface area (Å²) in [5, 5.41) is 0. The van der Waals surface area contributed by atoms with Crippen molar-refractivity contribution in [1.29, 1.82) is 0 Å². The van der Waals surface area contributed by atoms with Crippen LogP contribution in [0.5, 0.6) is 0 Å². The number of carbonyl (C=O) groups is 2. The average molecular weight is 307 g/mol. The van der Waals surface area contributed by atoms with Gasteiger partial charge >= 0.3 is 12.2 Å². The maximum Gasteiger partial charge on any atom is 0.416 e. The molecule has 1 fully saturated rings. The Morgan fingerprint density at radius 3 is 2.41 bits per heavy atom. The highest BCUT2D eigenvalue weighted by molar-refractivity contribution is 6.28. The molecule has 0 saturated carbocycles. The molecule has 2 bridgehead atoms. The van der Waals surface area contributed by atoms with Gasteiger partial charge in [-0.2, -0.15) is 13.2 Å². The molecule has 1 atom stereocenters. The van der Waals surface area contributed by atoms with Gasteiger partial charge in [0.1, 0.15) is 5.70 Å². The van der Waals surface area contributed by atoms with Crippen LogP contribution in [0.2, 0.25) is 0 Å². The van der Waals surface area contributed by atoms with Crippen LogP contribution in [0.4, 0.5) is 23.7 Å². The number of hydrogen-bond donors (Lipinski definition) is 0. The van der Waals surface area contributed by atoms with Crippen LogP contribution in [0, 0.1) is 0 Å². The Morgan fingerprint density at radius 1 is 1.14 bits per heavy atom. The van der Waals surface area contributed by atoms with E-state index in [0.29, 0.717) is 12.1 Å². The third-order valence-electron chi connectivity index (χ3n) is 3.91. The molecule has 3 heterocycles. The summed E-state index contributed by atoms with van der Waals surface area (Å²) in [7, 11) is 0. The monoisotopic (exact) mass is 307 g/mol. The molecular weight excluding hydrogens is 299 g/mol. The fraction of sp³-hybridized carbons (Fsp3) is 0.214. The third kappa shape index (κ3) is 1.57. The van der Waals surface area contributed by atoms with Crippen LogP contribution in [-0.4, -0.2) is 29.1 Å². The number of carbonyl (C=O) groups excluding carboxylic acids is 2. The van der Waals surface area contributed by atoms with E-state index in [0.717, 1.165) is 29.2 Å². The van der Waals surface area contributed by atoms with Gasteiger partial charge in [-0.05, 0) is 24.3 Å². The lowest BCUT2D eigenvalue weighted by Gasteiger charge is -2.19. The molecule has 3 aliphatic heterocycles. The van der Waals surface area contributed by atoms with Gasteiger partial charge in [-0.15, -0.1) is 0 Å². The quantitative estimate of drug-likeness (QED) is 0.749. The highest BCUT2D eigenvalue weighted by Crippen LogP contribution is 2.41. The number of rotatable bonds is 1. The first-order chi connectivity index (χ1) is 10.4. The van der Waals surface area contributed by atoms with Gasteiger partial charge in [0.15, 0.2) is 0 Å². The van der Waals surface area contributed by atoms with E-state index in [-0.39, 0.29) is 17.4 Å². The predicted molar refractivity (Wildman–Crippen MR) is 70.1 cm³/mol. The minimum Gasteiger partial charge on any atom is -0.278 e. The lowest BCUT2D eigenvalue weighted by molar-refractivity contribution is -0.137. The van der Waals surface area contributed by atoms with Gasteiger partial charge < -0.3 is 0 Å². The van der Waals surface area contributed by atoms with Crippen molar-refractivity contribution in [2.24, 2.45) is 4.99 Å². The minimum atomic E-state index is -4.46. The summed E-state index contributed by atoms with van der Waals surface area (Å²) in [6.45, 7) is 0. The number of aliphatic imine (C=N–C) groups is 1. The predicted octanol–water partition coefficient (Wildman–Crippen LogP) is 2.54. The van der Waals surface area contributed by atoms with Crippen LogP contribution < -0.4 is 4.90 Å². The van der Waals surface area contributed by atoms with E-state index in [1.165, 1.54) is 4.90 Å². The molecule has 5 nitrogen and oxygen atoms in total. The fourth-order valence-electron chi connectivity index (χ4n) is 2.89. The van der Waals surface area contributed by atoms with Gasteiger partial charge in [0.05, 0.1) is 23.0 Å². The summed E-state index contributed by atoms with van der Waals surface area (Å²) in [5.74, 6) is -0.542. The van der Waals surface area contributed by atoms with Crippen molar-refractivity contribution in [3.63, 3.8) is 0 Å². The zero-order chi connectivity index (χ0) is 15.6. The molecule has 112 valence electrons. The molecule has 1 unspecified atom stereocenters. The highest BCUT2D eigenvalue weighted by atomic mass is 19.4. The van der Waals surface area contributed by atoms with Gasteiger partial charge in [0.2, 0.25) is 0 Å². The molecule has 1 aromatic carbocycles. The number of imide groups is 1. The first-order valence-electron chi connectivity index (χ1n) is 6.50. The van der Waals surface area contributed by atoms with Gasteiger partial charge in [-0.25, -0.2) is 9.69 Å². The molecule has 1 aromatic rings. The van der Waals surface area contributed by atoms with Gasteiger partial charge in [0.25, 0.3) is 5.91 Å². The van der Waals surface area contributed by atoms with Gasteiger partial charge in [0, 0.05) is 12.6 Å². The van der Waals surface area contributed by atoms with Crippen molar-refractivity contribution in [2.45, 2.75) is 18.6 Å². The second-order valence-corrected chi connectivity index (χ2v) is 5.18. The number of halogens is 3. The molecule has 3 aliphatic rings. The molecule has 0 aliphatic carbocycles. The smallest absolute Gasteiger partial charge is 0.278 e. The maximum atomic E-state index is 12.6. The van der Waals surface area contributed by atoms with Crippen molar-refractivity contribution < 1.29 is 22.8 Å². The van der Waals surface area contributed by atoms with E-state index >= 15 is 0 Å².